The first-order chi connectivity index (χ1) is 9.30. The van der Waals surface area contributed by atoms with Crippen LogP contribution in [0.15, 0.2) is 18.2 Å². The Morgan fingerprint density at radius 3 is 2.15 bits per heavy atom. The third-order valence-electron chi connectivity index (χ3n) is 4.65. The van der Waals surface area contributed by atoms with Crippen LogP contribution in [0.3, 0.4) is 0 Å². The summed E-state index contributed by atoms with van der Waals surface area (Å²) in [7, 11) is 4.30. The van der Waals surface area contributed by atoms with Crippen molar-refractivity contribution in [1.29, 1.82) is 0 Å². The Labute approximate surface area is 125 Å². The zero-order valence-electron chi connectivity index (χ0n) is 14.4. The van der Waals surface area contributed by atoms with Crippen molar-refractivity contribution < 1.29 is 0 Å². The number of hydrogen-bond donors (Lipinski definition) is 1. The molecule has 2 nitrogen and oxygen atoms in total. The van der Waals surface area contributed by atoms with Crippen LogP contribution in [-0.4, -0.2) is 31.1 Å². The molecule has 1 aromatic carbocycles. The summed E-state index contributed by atoms with van der Waals surface area (Å²) < 4.78 is 0. The van der Waals surface area contributed by atoms with Crippen LogP contribution in [0.2, 0.25) is 0 Å². The minimum absolute atomic E-state index is 0.279. The molecule has 1 N–H and O–H groups in total. The van der Waals surface area contributed by atoms with E-state index in [1.165, 1.54) is 23.1 Å². The van der Waals surface area contributed by atoms with Gasteiger partial charge in [-0.05, 0) is 60.2 Å². The van der Waals surface area contributed by atoms with Gasteiger partial charge in [-0.25, -0.2) is 0 Å². The van der Waals surface area contributed by atoms with Crippen LogP contribution < -0.4 is 5.32 Å². The Bertz CT molecular complexity index is 403. The van der Waals surface area contributed by atoms with Crippen LogP contribution in [0.5, 0.6) is 0 Å². The molecule has 0 fully saturated rings. The predicted molar refractivity (Wildman–Crippen MR) is 89.3 cm³/mol. The Hall–Kier alpha value is -0.860. The van der Waals surface area contributed by atoms with Crippen molar-refractivity contribution in [2.75, 3.05) is 20.6 Å². The van der Waals surface area contributed by atoms with E-state index in [4.69, 9.17) is 0 Å². The van der Waals surface area contributed by atoms with Gasteiger partial charge < -0.3 is 10.2 Å². The lowest BCUT2D eigenvalue weighted by molar-refractivity contribution is 0.144. The van der Waals surface area contributed by atoms with Gasteiger partial charge in [0.15, 0.2) is 0 Å². The molecule has 114 valence electrons. The molecule has 0 saturated carbocycles. The highest BCUT2D eigenvalue weighted by Crippen LogP contribution is 2.22. The zero-order valence-corrected chi connectivity index (χ0v) is 14.4. The molecule has 0 heterocycles. The molecule has 0 aliphatic carbocycles. The van der Waals surface area contributed by atoms with Crippen LogP contribution in [0.25, 0.3) is 0 Å². The standard InChI is InChI=1S/C18H32N2/c1-8-18(4,5)20(7)10-9-17(19-6)16-12-14(2)11-15(3)13-16/h11-13,17,19H,8-10H2,1-7H3. The minimum atomic E-state index is 0.279. The topological polar surface area (TPSA) is 15.3 Å². The number of nitrogens with zero attached hydrogens (tertiary/aromatic N) is 1. The molecule has 0 saturated heterocycles. The minimum Gasteiger partial charge on any atom is -0.313 e. The number of nitrogens with one attached hydrogen (secondary N) is 1. The Morgan fingerprint density at radius 2 is 1.70 bits per heavy atom. The van der Waals surface area contributed by atoms with E-state index in [2.05, 4.69) is 77.1 Å². The molecule has 0 aliphatic heterocycles. The second-order valence-corrected chi connectivity index (χ2v) is 6.64. The van der Waals surface area contributed by atoms with Crippen molar-refractivity contribution in [3.05, 3.63) is 34.9 Å². The van der Waals surface area contributed by atoms with Gasteiger partial charge in [0.2, 0.25) is 0 Å². The first-order valence-corrected chi connectivity index (χ1v) is 7.77. The maximum atomic E-state index is 3.47. The van der Waals surface area contributed by atoms with Gasteiger partial charge in [-0.1, -0.05) is 36.2 Å². The molecular weight excluding hydrogens is 244 g/mol. The van der Waals surface area contributed by atoms with E-state index in [9.17, 15) is 0 Å². The van der Waals surface area contributed by atoms with Crippen molar-refractivity contribution in [2.45, 2.75) is 59.0 Å². The lowest BCUT2D eigenvalue weighted by atomic mass is 9.96. The summed E-state index contributed by atoms with van der Waals surface area (Å²) in [4.78, 5) is 2.47. The van der Waals surface area contributed by atoms with E-state index in [-0.39, 0.29) is 5.54 Å². The highest BCUT2D eigenvalue weighted by atomic mass is 15.2. The molecule has 2 heteroatoms. The van der Waals surface area contributed by atoms with E-state index in [1.807, 2.05) is 0 Å². The van der Waals surface area contributed by atoms with Crippen LogP contribution in [0, 0.1) is 13.8 Å². The third kappa shape index (κ3) is 4.60. The maximum Gasteiger partial charge on any atom is 0.0329 e. The normalized spacial score (nSPS) is 13.8. The average molecular weight is 276 g/mol. The van der Waals surface area contributed by atoms with Gasteiger partial charge in [0.25, 0.3) is 0 Å². The van der Waals surface area contributed by atoms with Crippen LogP contribution in [-0.2, 0) is 0 Å². The van der Waals surface area contributed by atoms with Gasteiger partial charge in [0.1, 0.15) is 0 Å². The molecule has 1 rings (SSSR count). The number of rotatable bonds is 7. The molecule has 0 aromatic heterocycles. The summed E-state index contributed by atoms with van der Waals surface area (Å²) in [5.41, 5.74) is 4.39. The Morgan fingerprint density at radius 1 is 1.15 bits per heavy atom. The van der Waals surface area contributed by atoms with Gasteiger partial charge in [-0.3, -0.25) is 0 Å². The molecule has 0 bridgehead atoms. The average Bonchev–Trinajstić information content (AvgIpc) is 2.38. The van der Waals surface area contributed by atoms with E-state index in [0.717, 1.165) is 13.0 Å². The van der Waals surface area contributed by atoms with Crippen molar-refractivity contribution in [3.8, 4) is 0 Å². The SMILES string of the molecule is CCC(C)(C)N(C)CCC(NC)c1cc(C)cc(C)c1. The molecule has 0 amide bonds. The fraction of sp³-hybridized carbons (Fsp3) is 0.667. The Kier molecular flexibility index (Phi) is 6.22. The van der Waals surface area contributed by atoms with E-state index in [1.54, 1.807) is 0 Å². The molecule has 0 spiro atoms. The summed E-state index contributed by atoms with van der Waals surface area (Å²) in [6.07, 6.45) is 2.32. The summed E-state index contributed by atoms with van der Waals surface area (Å²) in [5.74, 6) is 0. The molecule has 0 aliphatic rings. The van der Waals surface area contributed by atoms with Crippen molar-refractivity contribution in [3.63, 3.8) is 0 Å². The molecule has 1 atom stereocenters. The van der Waals surface area contributed by atoms with Gasteiger partial charge in [-0.2, -0.15) is 0 Å². The molecule has 1 aromatic rings. The molecule has 0 radical (unpaired) electrons. The zero-order chi connectivity index (χ0) is 15.3. The predicted octanol–water partition coefficient (Wildman–Crippen LogP) is 4.07. The summed E-state index contributed by atoms with van der Waals surface area (Å²) in [6, 6.07) is 7.28. The van der Waals surface area contributed by atoms with Gasteiger partial charge in [0, 0.05) is 18.1 Å². The number of aryl methyl sites for hydroxylation is 2. The van der Waals surface area contributed by atoms with E-state index >= 15 is 0 Å². The second-order valence-electron chi connectivity index (χ2n) is 6.64. The Balaban J connectivity index is 2.73. The number of benzene rings is 1. The van der Waals surface area contributed by atoms with Gasteiger partial charge >= 0.3 is 0 Å². The van der Waals surface area contributed by atoms with Crippen LogP contribution in [0.1, 0.15) is 56.3 Å². The number of hydrogen-bond acceptors (Lipinski definition) is 2. The summed E-state index contributed by atoms with van der Waals surface area (Å²) >= 11 is 0. The highest BCUT2D eigenvalue weighted by Gasteiger charge is 2.21. The lowest BCUT2D eigenvalue weighted by Crippen LogP contribution is -2.41. The van der Waals surface area contributed by atoms with Crippen molar-refractivity contribution in [2.24, 2.45) is 0 Å². The van der Waals surface area contributed by atoms with Crippen molar-refractivity contribution >= 4 is 0 Å². The molecule has 20 heavy (non-hydrogen) atoms. The third-order valence-corrected chi connectivity index (χ3v) is 4.65. The van der Waals surface area contributed by atoms with E-state index in [0.29, 0.717) is 6.04 Å². The first-order valence-electron chi connectivity index (χ1n) is 7.77. The quantitative estimate of drug-likeness (QED) is 0.807. The van der Waals surface area contributed by atoms with Crippen LogP contribution >= 0.6 is 0 Å². The largest absolute Gasteiger partial charge is 0.313 e. The fourth-order valence-electron chi connectivity index (χ4n) is 2.58. The lowest BCUT2D eigenvalue weighted by Gasteiger charge is -2.35. The van der Waals surface area contributed by atoms with Crippen LogP contribution in [0.4, 0.5) is 0 Å². The summed E-state index contributed by atoms with van der Waals surface area (Å²) in [6.45, 7) is 12.4. The monoisotopic (exact) mass is 276 g/mol. The fourth-order valence-corrected chi connectivity index (χ4v) is 2.58. The van der Waals surface area contributed by atoms with E-state index < -0.39 is 0 Å². The van der Waals surface area contributed by atoms with Gasteiger partial charge in [0.05, 0.1) is 0 Å². The highest BCUT2D eigenvalue weighted by molar-refractivity contribution is 5.30. The second kappa shape index (κ2) is 7.24. The van der Waals surface area contributed by atoms with Crippen molar-refractivity contribution in [1.82, 2.24) is 10.2 Å². The summed E-state index contributed by atoms with van der Waals surface area (Å²) in [5, 5.41) is 3.47. The smallest absolute Gasteiger partial charge is 0.0329 e. The molecule has 1 unspecified atom stereocenters. The van der Waals surface area contributed by atoms with Gasteiger partial charge in [-0.15, -0.1) is 0 Å². The maximum absolute atomic E-state index is 3.47. The first kappa shape index (κ1) is 17.2. The molecular formula is C18H32N2.